The van der Waals surface area contributed by atoms with Gasteiger partial charge in [-0.3, -0.25) is 4.79 Å². The Morgan fingerprint density at radius 1 is 1.25 bits per heavy atom. The number of halogens is 3. The topological polar surface area (TPSA) is 109 Å². The van der Waals surface area contributed by atoms with Gasteiger partial charge in [-0.2, -0.15) is 13.2 Å². The van der Waals surface area contributed by atoms with Gasteiger partial charge in [-0.1, -0.05) is 12.1 Å². The molecule has 0 unspecified atom stereocenters. The highest BCUT2D eigenvalue weighted by Crippen LogP contribution is 2.34. The number of nitrogens with zero attached hydrogens (tertiary/aromatic N) is 1. The van der Waals surface area contributed by atoms with E-state index >= 15 is 0 Å². The van der Waals surface area contributed by atoms with E-state index in [-0.39, 0.29) is 17.9 Å². The van der Waals surface area contributed by atoms with Gasteiger partial charge in [0.15, 0.2) is 0 Å². The largest absolute Gasteiger partial charge is 0.475 e. The maximum atomic E-state index is 12.0. The molecule has 6 nitrogen and oxygen atoms in total. The SMILES string of the molecule is NCc1ccc(C(F)(F)F)cc1.O=C(O)c1nc2sc3c(c2c(=O)[nH]1)CCC3. The van der Waals surface area contributed by atoms with Gasteiger partial charge in [-0.05, 0) is 42.5 Å². The summed E-state index contributed by atoms with van der Waals surface area (Å²) < 4.78 is 36.0. The number of hydrogen-bond acceptors (Lipinski definition) is 5. The van der Waals surface area contributed by atoms with Gasteiger partial charge in [0, 0.05) is 11.4 Å². The van der Waals surface area contributed by atoms with Gasteiger partial charge in [0.1, 0.15) is 4.83 Å². The lowest BCUT2D eigenvalue weighted by Gasteiger charge is -2.06. The number of carbonyl (C=O) groups is 1. The number of fused-ring (bicyclic) bond motifs is 3. The number of H-pyrrole nitrogens is 1. The van der Waals surface area contributed by atoms with Crippen LogP contribution in [0.4, 0.5) is 13.2 Å². The number of aromatic carboxylic acids is 1. The van der Waals surface area contributed by atoms with Crippen LogP contribution in [-0.4, -0.2) is 21.0 Å². The second-order valence-corrected chi connectivity index (χ2v) is 7.24. The molecule has 0 atom stereocenters. The average molecular weight is 411 g/mol. The summed E-state index contributed by atoms with van der Waals surface area (Å²) in [5.74, 6) is -1.48. The number of benzene rings is 1. The zero-order chi connectivity index (χ0) is 20.5. The number of rotatable bonds is 2. The van der Waals surface area contributed by atoms with E-state index < -0.39 is 17.7 Å². The average Bonchev–Trinajstić information content (AvgIpc) is 3.22. The predicted octanol–water partition coefficient (Wildman–Crippen LogP) is 3.34. The van der Waals surface area contributed by atoms with Crippen LogP contribution in [0, 0.1) is 0 Å². The smallest absolute Gasteiger partial charge is 0.416 e. The molecule has 0 amide bonds. The first kappa shape index (κ1) is 20.0. The number of aromatic amines is 1. The Hall–Kier alpha value is -2.72. The molecule has 1 aromatic carbocycles. The van der Waals surface area contributed by atoms with Crippen molar-refractivity contribution in [3.63, 3.8) is 0 Å². The van der Waals surface area contributed by atoms with E-state index in [1.807, 2.05) is 0 Å². The van der Waals surface area contributed by atoms with Gasteiger partial charge in [0.05, 0.1) is 10.9 Å². The fraction of sp³-hybridized carbons (Fsp3) is 0.278. The molecule has 148 valence electrons. The predicted molar refractivity (Wildman–Crippen MR) is 98.6 cm³/mol. The highest BCUT2D eigenvalue weighted by atomic mass is 32.1. The molecule has 0 spiro atoms. The van der Waals surface area contributed by atoms with Crippen molar-refractivity contribution in [1.29, 1.82) is 0 Å². The third-order valence-corrected chi connectivity index (χ3v) is 5.48. The van der Waals surface area contributed by atoms with Crippen LogP contribution in [-0.2, 0) is 25.6 Å². The Kier molecular flexibility index (Phi) is 5.52. The third-order valence-electron chi connectivity index (χ3n) is 4.29. The highest BCUT2D eigenvalue weighted by molar-refractivity contribution is 7.18. The number of carboxylic acids is 1. The zero-order valence-electron chi connectivity index (χ0n) is 14.5. The maximum absolute atomic E-state index is 12.0. The third kappa shape index (κ3) is 4.07. The van der Waals surface area contributed by atoms with Gasteiger partial charge >= 0.3 is 12.1 Å². The normalized spacial score (nSPS) is 13.1. The quantitative estimate of drug-likeness (QED) is 0.599. The standard InChI is InChI=1S/C10H8N2O3S.C8H8F3N/c13-8-6-4-2-1-3-5(4)16-9(6)12-7(11-8)10(14)15;9-8(10,11)7-3-1-6(5-12)2-4-7/h1-3H2,(H,14,15)(H,11,12,13);1-4H,5,12H2. The lowest BCUT2D eigenvalue weighted by atomic mass is 10.1. The second-order valence-electron chi connectivity index (χ2n) is 6.16. The maximum Gasteiger partial charge on any atom is 0.416 e. The molecular weight excluding hydrogens is 395 g/mol. The Bertz CT molecular complexity index is 1070. The first-order valence-corrected chi connectivity index (χ1v) is 9.16. The van der Waals surface area contributed by atoms with E-state index in [2.05, 4.69) is 9.97 Å². The van der Waals surface area contributed by atoms with Crippen LogP contribution in [0.2, 0.25) is 0 Å². The molecule has 0 bridgehead atoms. The number of hydrogen-bond donors (Lipinski definition) is 3. The molecule has 0 radical (unpaired) electrons. The van der Waals surface area contributed by atoms with Crippen LogP contribution in [0.1, 0.15) is 38.6 Å². The Labute approximate surface area is 160 Å². The Morgan fingerprint density at radius 3 is 2.50 bits per heavy atom. The second kappa shape index (κ2) is 7.72. The van der Waals surface area contributed by atoms with Crippen molar-refractivity contribution in [1.82, 2.24) is 9.97 Å². The van der Waals surface area contributed by atoms with Crippen LogP contribution in [0.3, 0.4) is 0 Å². The number of carboxylic acid groups (broad SMARTS) is 1. The minimum Gasteiger partial charge on any atom is -0.475 e. The molecule has 0 aliphatic heterocycles. The van der Waals surface area contributed by atoms with Gasteiger partial charge in [-0.25, -0.2) is 9.78 Å². The summed E-state index contributed by atoms with van der Waals surface area (Å²) in [5, 5.41) is 9.37. The number of alkyl halides is 3. The number of aryl methyl sites for hydroxylation is 2. The van der Waals surface area contributed by atoms with Crippen molar-refractivity contribution >= 4 is 27.5 Å². The molecular formula is C18H16F3N3O3S. The first-order chi connectivity index (χ1) is 13.2. The van der Waals surface area contributed by atoms with Crippen molar-refractivity contribution in [2.24, 2.45) is 5.73 Å². The van der Waals surface area contributed by atoms with E-state index in [9.17, 15) is 22.8 Å². The summed E-state index contributed by atoms with van der Waals surface area (Å²) in [6.07, 6.45) is -1.32. The van der Waals surface area contributed by atoms with E-state index in [4.69, 9.17) is 10.8 Å². The summed E-state index contributed by atoms with van der Waals surface area (Å²) in [6.45, 7) is 0.262. The molecule has 28 heavy (non-hydrogen) atoms. The molecule has 0 fully saturated rings. The summed E-state index contributed by atoms with van der Waals surface area (Å²) in [5.41, 5.74) is 6.01. The number of aromatic nitrogens is 2. The van der Waals surface area contributed by atoms with E-state index in [0.717, 1.165) is 37.0 Å². The Morgan fingerprint density at radius 2 is 1.93 bits per heavy atom. The van der Waals surface area contributed by atoms with E-state index in [1.165, 1.54) is 28.3 Å². The zero-order valence-corrected chi connectivity index (χ0v) is 15.3. The number of nitrogens with two attached hydrogens (primary N) is 1. The lowest BCUT2D eigenvalue weighted by molar-refractivity contribution is -0.137. The molecule has 0 saturated heterocycles. The monoisotopic (exact) mass is 411 g/mol. The summed E-state index contributed by atoms with van der Waals surface area (Å²) in [6, 6.07) is 4.82. The molecule has 2 aromatic heterocycles. The van der Waals surface area contributed by atoms with Crippen LogP contribution >= 0.6 is 11.3 Å². The van der Waals surface area contributed by atoms with Crippen LogP contribution in [0.15, 0.2) is 29.1 Å². The fourth-order valence-corrected chi connectivity index (χ4v) is 4.20. The number of nitrogens with one attached hydrogen (secondary N) is 1. The van der Waals surface area contributed by atoms with Gasteiger partial charge in [-0.15, -0.1) is 11.3 Å². The molecule has 0 saturated carbocycles. The van der Waals surface area contributed by atoms with Gasteiger partial charge < -0.3 is 15.8 Å². The van der Waals surface area contributed by atoms with E-state index in [0.29, 0.717) is 15.8 Å². The first-order valence-electron chi connectivity index (χ1n) is 8.34. The molecule has 3 aromatic rings. The van der Waals surface area contributed by atoms with Crippen molar-refractivity contribution in [3.8, 4) is 0 Å². The molecule has 4 rings (SSSR count). The van der Waals surface area contributed by atoms with E-state index in [1.54, 1.807) is 0 Å². The van der Waals surface area contributed by atoms with Gasteiger partial charge in [0.25, 0.3) is 5.56 Å². The van der Waals surface area contributed by atoms with Crippen LogP contribution in [0.5, 0.6) is 0 Å². The van der Waals surface area contributed by atoms with Crippen molar-refractivity contribution in [2.45, 2.75) is 32.0 Å². The Balaban J connectivity index is 0.000000169. The van der Waals surface area contributed by atoms with Crippen molar-refractivity contribution in [3.05, 3.63) is 62.0 Å². The highest BCUT2D eigenvalue weighted by Gasteiger charge is 2.29. The van der Waals surface area contributed by atoms with Crippen molar-refractivity contribution < 1.29 is 23.1 Å². The fourth-order valence-electron chi connectivity index (χ4n) is 2.93. The summed E-state index contributed by atoms with van der Waals surface area (Å²) >= 11 is 1.44. The lowest BCUT2D eigenvalue weighted by Crippen LogP contribution is -2.15. The summed E-state index contributed by atoms with van der Waals surface area (Å²) in [7, 11) is 0. The molecule has 4 N–H and O–H groups in total. The number of thiophene rings is 1. The summed E-state index contributed by atoms with van der Waals surface area (Å²) in [4.78, 5) is 30.5. The molecule has 1 aliphatic rings. The minimum atomic E-state index is -4.26. The molecule has 1 aliphatic carbocycles. The molecule has 2 heterocycles. The minimum absolute atomic E-state index is 0.262. The van der Waals surface area contributed by atoms with Gasteiger partial charge in [0.2, 0.25) is 5.82 Å². The van der Waals surface area contributed by atoms with Crippen LogP contribution < -0.4 is 11.3 Å². The molecule has 10 heteroatoms. The van der Waals surface area contributed by atoms with Crippen LogP contribution in [0.25, 0.3) is 10.2 Å². The van der Waals surface area contributed by atoms with Crippen molar-refractivity contribution in [2.75, 3.05) is 0 Å².